The molecule has 1 amide bonds. The molecule has 0 bridgehead atoms. The molecule has 2 aromatic carbocycles. The van der Waals surface area contributed by atoms with Gasteiger partial charge >= 0.3 is 0 Å². The van der Waals surface area contributed by atoms with Crippen LogP contribution in [-0.2, 0) is 4.79 Å². The van der Waals surface area contributed by atoms with E-state index in [0.717, 1.165) is 29.4 Å². The standard InChI is InChI=1S/C17H20N2O2/c18-16(20)17(19)10-4-7-13(11-17)21-15-9-3-6-12-5-1-2-8-14(12)15/h1-3,5-6,8-9,13H,4,7,10-11,19H2,(H2,18,20). The van der Waals surface area contributed by atoms with E-state index in [2.05, 4.69) is 12.1 Å². The Labute approximate surface area is 124 Å². The van der Waals surface area contributed by atoms with Crippen molar-refractivity contribution in [3.8, 4) is 5.75 Å². The van der Waals surface area contributed by atoms with Crippen LogP contribution in [0, 0.1) is 0 Å². The van der Waals surface area contributed by atoms with E-state index < -0.39 is 11.4 Å². The number of nitrogens with two attached hydrogens (primary N) is 2. The van der Waals surface area contributed by atoms with Crippen LogP contribution in [0.2, 0.25) is 0 Å². The summed E-state index contributed by atoms with van der Waals surface area (Å²) in [6.45, 7) is 0. The summed E-state index contributed by atoms with van der Waals surface area (Å²) in [5.74, 6) is 0.403. The first-order valence-corrected chi connectivity index (χ1v) is 7.32. The number of benzene rings is 2. The van der Waals surface area contributed by atoms with E-state index in [9.17, 15) is 4.79 Å². The van der Waals surface area contributed by atoms with E-state index in [0.29, 0.717) is 12.8 Å². The molecule has 0 radical (unpaired) electrons. The Bertz CT molecular complexity index is 665. The summed E-state index contributed by atoms with van der Waals surface area (Å²) in [5.41, 5.74) is 10.6. The minimum atomic E-state index is -0.937. The highest BCUT2D eigenvalue weighted by molar-refractivity contribution is 5.88. The highest BCUT2D eigenvalue weighted by Gasteiger charge is 2.38. The molecule has 4 heteroatoms. The van der Waals surface area contributed by atoms with Gasteiger partial charge in [-0.25, -0.2) is 0 Å². The second-order valence-electron chi connectivity index (χ2n) is 5.83. The number of amides is 1. The molecule has 0 aliphatic heterocycles. The molecule has 1 aliphatic rings. The highest BCUT2D eigenvalue weighted by Crippen LogP contribution is 2.32. The van der Waals surface area contributed by atoms with Gasteiger partial charge in [0.05, 0.1) is 5.54 Å². The molecule has 0 heterocycles. The summed E-state index contributed by atoms with van der Waals surface area (Å²) < 4.78 is 6.13. The quantitative estimate of drug-likeness (QED) is 0.908. The van der Waals surface area contributed by atoms with Crippen molar-refractivity contribution in [3.63, 3.8) is 0 Å². The van der Waals surface area contributed by atoms with Gasteiger partial charge in [0.2, 0.25) is 5.91 Å². The van der Waals surface area contributed by atoms with Crippen LogP contribution < -0.4 is 16.2 Å². The molecule has 0 spiro atoms. The van der Waals surface area contributed by atoms with Crippen molar-refractivity contribution in [2.45, 2.75) is 37.3 Å². The summed E-state index contributed by atoms with van der Waals surface area (Å²) >= 11 is 0. The van der Waals surface area contributed by atoms with E-state index in [4.69, 9.17) is 16.2 Å². The molecule has 0 aromatic heterocycles. The van der Waals surface area contributed by atoms with Crippen LogP contribution in [-0.4, -0.2) is 17.6 Å². The SMILES string of the molecule is NC(=O)C1(N)CCCC(Oc2cccc3ccccc23)C1. The maximum absolute atomic E-state index is 11.5. The fourth-order valence-electron chi connectivity index (χ4n) is 3.06. The molecule has 1 fully saturated rings. The van der Waals surface area contributed by atoms with Gasteiger partial charge in [-0.15, -0.1) is 0 Å². The summed E-state index contributed by atoms with van der Waals surface area (Å²) in [6, 6.07) is 14.1. The third kappa shape index (κ3) is 2.72. The van der Waals surface area contributed by atoms with Crippen LogP contribution in [0.25, 0.3) is 10.8 Å². The number of hydrogen-bond acceptors (Lipinski definition) is 3. The second kappa shape index (κ2) is 5.37. The monoisotopic (exact) mass is 284 g/mol. The smallest absolute Gasteiger partial charge is 0.237 e. The molecule has 1 aliphatic carbocycles. The predicted octanol–water partition coefficient (Wildman–Crippen LogP) is 2.34. The number of hydrogen-bond donors (Lipinski definition) is 2. The Morgan fingerprint density at radius 3 is 2.76 bits per heavy atom. The molecule has 21 heavy (non-hydrogen) atoms. The Morgan fingerprint density at radius 2 is 1.95 bits per heavy atom. The van der Waals surface area contributed by atoms with Crippen LogP contribution in [0.5, 0.6) is 5.75 Å². The lowest BCUT2D eigenvalue weighted by molar-refractivity contribution is -0.125. The zero-order chi connectivity index (χ0) is 14.9. The number of primary amides is 1. The van der Waals surface area contributed by atoms with Crippen molar-refractivity contribution < 1.29 is 9.53 Å². The van der Waals surface area contributed by atoms with Crippen molar-refractivity contribution in [2.75, 3.05) is 0 Å². The van der Waals surface area contributed by atoms with E-state index in [1.165, 1.54) is 0 Å². The fraction of sp³-hybridized carbons (Fsp3) is 0.353. The second-order valence-corrected chi connectivity index (χ2v) is 5.83. The Hall–Kier alpha value is -2.07. The van der Waals surface area contributed by atoms with E-state index >= 15 is 0 Å². The first kappa shape index (κ1) is 13.9. The molecule has 2 aromatic rings. The Balaban J connectivity index is 1.84. The topological polar surface area (TPSA) is 78.3 Å². The first-order valence-electron chi connectivity index (χ1n) is 7.32. The summed E-state index contributed by atoms with van der Waals surface area (Å²) in [7, 11) is 0. The molecule has 4 nitrogen and oxygen atoms in total. The molecule has 2 unspecified atom stereocenters. The molecule has 2 atom stereocenters. The normalized spacial score (nSPS) is 25.7. The van der Waals surface area contributed by atoms with Crippen molar-refractivity contribution >= 4 is 16.7 Å². The third-order valence-corrected chi connectivity index (χ3v) is 4.27. The summed E-state index contributed by atoms with van der Waals surface area (Å²) in [4.78, 5) is 11.5. The zero-order valence-electron chi connectivity index (χ0n) is 11.9. The van der Waals surface area contributed by atoms with Gasteiger partial charge in [0.15, 0.2) is 0 Å². The largest absolute Gasteiger partial charge is 0.490 e. The predicted molar refractivity (Wildman–Crippen MR) is 82.9 cm³/mol. The minimum absolute atomic E-state index is 0.0675. The van der Waals surface area contributed by atoms with Gasteiger partial charge in [-0.3, -0.25) is 4.79 Å². The van der Waals surface area contributed by atoms with Crippen LogP contribution in [0.1, 0.15) is 25.7 Å². The van der Waals surface area contributed by atoms with Crippen molar-refractivity contribution in [1.29, 1.82) is 0 Å². The maximum atomic E-state index is 11.5. The average Bonchev–Trinajstić information content (AvgIpc) is 2.48. The Kier molecular flexibility index (Phi) is 3.55. The zero-order valence-corrected chi connectivity index (χ0v) is 11.9. The average molecular weight is 284 g/mol. The van der Waals surface area contributed by atoms with Crippen LogP contribution in [0.3, 0.4) is 0 Å². The third-order valence-electron chi connectivity index (χ3n) is 4.27. The van der Waals surface area contributed by atoms with Crippen molar-refractivity contribution in [2.24, 2.45) is 11.5 Å². The lowest BCUT2D eigenvalue weighted by Gasteiger charge is -2.35. The highest BCUT2D eigenvalue weighted by atomic mass is 16.5. The van der Waals surface area contributed by atoms with E-state index in [1.807, 2.05) is 30.3 Å². The van der Waals surface area contributed by atoms with Gasteiger partial charge in [0.25, 0.3) is 0 Å². The number of fused-ring (bicyclic) bond motifs is 1. The first-order chi connectivity index (χ1) is 10.1. The lowest BCUT2D eigenvalue weighted by atomic mass is 9.80. The van der Waals surface area contributed by atoms with Crippen LogP contribution >= 0.6 is 0 Å². The molecular weight excluding hydrogens is 264 g/mol. The molecule has 0 saturated heterocycles. The van der Waals surface area contributed by atoms with Crippen LogP contribution in [0.15, 0.2) is 42.5 Å². The van der Waals surface area contributed by atoms with E-state index in [-0.39, 0.29) is 6.10 Å². The van der Waals surface area contributed by atoms with Gasteiger partial charge in [0, 0.05) is 11.8 Å². The molecule has 110 valence electrons. The van der Waals surface area contributed by atoms with Gasteiger partial charge < -0.3 is 16.2 Å². The van der Waals surface area contributed by atoms with Gasteiger partial charge in [-0.1, -0.05) is 36.4 Å². The van der Waals surface area contributed by atoms with Crippen molar-refractivity contribution in [3.05, 3.63) is 42.5 Å². The maximum Gasteiger partial charge on any atom is 0.237 e. The molecule has 3 rings (SSSR count). The fourth-order valence-corrected chi connectivity index (χ4v) is 3.06. The summed E-state index contributed by atoms with van der Waals surface area (Å²) in [6.07, 6.45) is 2.80. The van der Waals surface area contributed by atoms with Gasteiger partial charge in [-0.2, -0.15) is 0 Å². The van der Waals surface area contributed by atoms with Crippen LogP contribution in [0.4, 0.5) is 0 Å². The Morgan fingerprint density at radius 1 is 1.19 bits per heavy atom. The number of ether oxygens (including phenoxy) is 1. The van der Waals surface area contributed by atoms with E-state index in [1.54, 1.807) is 0 Å². The molecule has 4 N–H and O–H groups in total. The molecule has 1 saturated carbocycles. The minimum Gasteiger partial charge on any atom is -0.490 e. The van der Waals surface area contributed by atoms with Crippen molar-refractivity contribution in [1.82, 2.24) is 0 Å². The number of carbonyl (C=O) groups excluding carboxylic acids is 1. The summed E-state index contributed by atoms with van der Waals surface area (Å²) in [5, 5.41) is 2.21. The van der Waals surface area contributed by atoms with Gasteiger partial charge in [-0.05, 0) is 30.7 Å². The lowest BCUT2D eigenvalue weighted by Crippen LogP contribution is -2.56. The van der Waals surface area contributed by atoms with Gasteiger partial charge in [0.1, 0.15) is 11.9 Å². The molecular formula is C17H20N2O2. The number of rotatable bonds is 3. The number of carbonyl (C=O) groups is 1.